The first kappa shape index (κ1) is 16.9. The summed E-state index contributed by atoms with van der Waals surface area (Å²) in [5, 5.41) is 3.31. The summed E-state index contributed by atoms with van der Waals surface area (Å²) in [7, 11) is 0. The molecule has 1 heterocycles. The Hall–Kier alpha value is -1.14. The second-order valence-corrected chi connectivity index (χ2v) is 4.76. The molecule has 0 radical (unpaired) electrons. The molecule has 3 nitrogen and oxygen atoms in total. The number of hydrogen-bond acceptors (Lipinski definition) is 3. The zero-order chi connectivity index (χ0) is 15.0. The zero-order valence-electron chi connectivity index (χ0n) is 11.8. The first-order valence-electron chi connectivity index (χ1n) is 6.72. The third-order valence-corrected chi connectivity index (χ3v) is 2.76. The van der Waals surface area contributed by atoms with Crippen LogP contribution in [0.5, 0.6) is 0 Å². The van der Waals surface area contributed by atoms with Crippen molar-refractivity contribution in [1.82, 2.24) is 10.3 Å². The quantitative estimate of drug-likeness (QED) is 0.745. The molecular weight excluding hydrogens is 269 g/mol. The number of aryl methyl sites for hydroxylation is 1. The zero-order valence-corrected chi connectivity index (χ0v) is 11.8. The second kappa shape index (κ2) is 8.21. The normalized spacial score (nSPS) is 13.4. The largest absolute Gasteiger partial charge is 0.411 e. The monoisotopic (exact) mass is 290 g/mol. The average molecular weight is 290 g/mol. The van der Waals surface area contributed by atoms with Crippen LogP contribution in [0.3, 0.4) is 0 Å². The van der Waals surface area contributed by atoms with Crippen molar-refractivity contribution in [3.63, 3.8) is 0 Å². The Labute approximate surface area is 117 Å². The van der Waals surface area contributed by atoms with Gasteiger partial charge in [0.1, 0.15) is 6.61 Å². The van der Waals surface area contributed by atoms with Crippen LogP contribution in [0, 0.1) is 6.92 Å². The van der Waals surface area contributed by atoms with Crippen molar-refractivity contribution in [2.75, 3.05) is 19.8 Å². The van der Waals surface area contributed by atoms with Crippen LogP contribution in [0.25, 0.3) is 0 Å². The van der Waals surface area contributed by atoms with Crippen molar-refractivity contribution in [3.8, 4) is 0 Å². The van der Waals surface area contributed by atoms with Crippen molar-refractivity contribution in [3.05, 3.63) is 29.6 Å². The van der Waals surface area contributed by atoms with Gasteiger partial charge in [-0.2, -0.15) is 13.2 Å². The third kappa shape index (κ3) is 6.86. The van der Waals surface area contributed by atoms with Gasteiger partial charge in [0.05, 0.1) is 0 Å². The van der Waals surface area contributed by atoms with E-state index in [0.29, 0.717) is 6.42 Å². The van der Waals surface area contributed by atoms with Gasteiger partial charge in [-0.1, -0.05) is 13.0 Å². The van der Waals surface area contributed by atoms with E-state index in [1.165, 1.54) is 0 Å². The van der Waals surface area contributed by atoms with E-state index in [2.05, 4.69) is 15.0 Å². The Morgan fingerprint density at radius 2 is 2.10 bits per heavy atom. The molecule has 0 fully saturated rings. The van der Waals surface area contributed by atoms with Crippen LogP contribution < -0.4 is 5.32 Å². The van der Waals surface area contributed by atoms with Crippen molar-refractivity contribution < 1.29 is 17.9 Å². The molecule has 0 aliphatic rings. The predicted molar refractivity (Wildman–Crippen MR) is 71.5 cm³/mol. The molecule has 0 aliphatic carbocycles. The summed E-state index contributed by atoms with van der Waals surface area (Å²) in [6.07, 6.45) is 0.669. The van der Waals surface area contributed by atoms with E-state index in [-0.39, 0.29) is 12.6 Å². The highest BCUT2D eigenvalue weighted by Gasteiger charge is 2.27. The van der Waals surface area contributed by atoms with Crippen molar-refractivity contribution in [2.24, 2.45) is 0 Å². The maximum atomic E-state index is 12.0. The first-order valence-corrected chi connectivity index (χ1v) is 6.72. The van der Waals surface area contributed by atoms with Gasteiger partial charge >= 0.3 is 6.18 Å². The van der Waals surface area contributed by atoms with E-state index in [1.54, 1.807) is 12.4 Å². The highest BCUT2D eigenvalue weighted by Crippen LogP contribution is 2.19. The summed E-state index contributed by atoms with van der Waals surface area (Å²) in [6, 6.07) is 1.96. The SMILES string of the molecule is CCCNC(CCOCC(F)(F)F)c1cncc(C)c1. The highest BCUT2D eigenvalue weighted by atomic mass is 19.4. The Morgan fingerprint density at radius 3 is 2.70 bits per heavy atom. The minimum Gasteiger partial charge on any atom is -0.372 e. The molecule has 114 valence electrons. The Bertz CT molecular complexity index is 396. The molecule has 1 aromatic heterocycles. The molecule has 1 atom stereocenters. The summed E-state index contributed by atoms with van der Waals surface area (Å²) in [6.45, 7) is 3.65. The van der Waals surface area contributed by atoms with Crippen molar-refractivity contribution >= 4 is 0 Å². The molecule has 0 aliphatic heterocycles. The lowest BCUT2D eigenvalue weighted by atomic mass is 10.0. The van der Waals surface area contributed by atoms with Gasteiger partial charge in [0.2, 0.25) is 0 Å². The van der Waals surface area contributed by atoms with Crippen LogP contribution in [-0.4, -0.2) is 30.9 Å². The summed E-state index contributed by atoms with van der Waals surface area (Å²) in [5.41, 5.74) is 2.01. The number of alkyl halides is 3. The molecule has 0 saturated carbocycles. The van der Waals surface area contributed by atoms with E-state index in [0.717, 1.165) is 24.1 Å². The Balaban J connectivity index is 2.52. The number of nitrogens with zero attached hydrogens (tertiary/aromatic N) is 1. The minimum absolute atomic E-state index is 0.0319. The van der Waals surface area contributed by atoms with E-state index in [4.69, 9.17) is 0 Å². The molecule has 0 amide bonds. The van der Waals surface area contributed by atoms with Crippen LogP contribution in [0.15, 0.2) is 18.5 Å². The molecule has 1 N–H and O–H groups in total. The van der Waals surface area contributed by atoms with Gasteiger partial charge in [0.25, 0.3) is 0 Å². The standard InChI is InChI=1S/C14H21F3N2O/c1-3-5-19-13(4-6-20-10-14(15,16)17)12-7-11(2)8-18-9-12/h7-9,13,19H,3-6,10H2,1-2H3. The van der Waals surface area contributed by atoms with Gasteiger partial charge in [0.15, 0.2) is 0 Å². The molecule has 1 rings (SSSR count). The van der Waals surface area contributed by atoms with E-state index in [1.807, 2.05) is 19.9 Å². The summed E-state index contributed by atoms with van der Waals surface area (Å²) >= 11 is 0. The third-order valence-electron chi connectivity index (χ3n) is 2.76. The first-order chi connectivity index (χ1) is 9.42. The van der Waals surface area contributed by atoms with Gasteiger partial charge in [-0.3, -0.25) is 4.98 Å². The van der Waals surface area contributed by atoms with E-state index < -0.39 is 12.8 Å². The summed E-state index contributed by atoms with van der Waals surface area (Å²) < 4.78 is 40.7. The topological polar surface area (TPSA) is 34.1 Å². The van der Waals surface area contributed by atoms with Crippen LogP contribution >= 0.6 is 0 Å². The minimum atomic E-state index is -4.27. The van der Waals surface area contributed by atoms with E-state index >= 15 is 0 Å². The average Bonchev–Trinajstić information content (AvgIpc) is 2.36. The lowest BCUT2D eigenvalue weighted by molar-refractivity contribution is -0.174. The van der Waals surface area contributed by atoms with Crippen molar-refractivity contribution in [1.29, 1.82) is 0 Å². The molecule has 0 spiro atoms. The van der Waals surface area contributed by atoms with Crippen LogP contribution in [0.1, 0.15) is 36.9 Å². The predicted octanol–water partition coefficient (Wildman–Crippen LogP) is 3.40. The second-order valence-electron chi connectivity index (χ2n) is 4.76. The lowest BCUT2D eigenvalue weighted by Gasteiger charge is -2.19. The van der Waals surface area contributed by atoms with Crippen LogP contribution in [-0.2, 0) is 4.74 Å². The fraction of sp³-hybridized carbons (Fsp3) is 0.643. The number of ether oxygens (including phenoxy) is 1. The van der Waals surface area contributed by atoms with Crippen molar-refractivity contribution in [2.45, 2.75) is 38.9 Å². The molecular formula is C14H21F3N2O. The summed E-state index contributed by atoms with van der Waals surface area (Å²) in [5.74, 6) is 0. The maximum absolute atomic E-state index is 12.0. The van der Waals surface area contributed by atoms with Crippen LogP contribution in [0.4, 0.5) is 13.2 Å². The van der Waals surface area contributed by atoms with E-state index in [9.17, 15) is 13.2 Å². The van der Waals surface area contributed by atoms with Gasteiger partial charge in [-0.05, 0) is 37.4 Å². The van der Waals surface area contributed by atoms with Gasteiger partial charge in [-0.15, -0.1) is 0 Å². The smallest absolute Gasteiger partial charge is 0.372 e. The number of pyridine rings is 1. The maximum Gasteiger partial charge on any atom is 0.411 e. The number of rotatable bonds is 8. The number of halogens is 3. The van der Waals surface area contributed by atoms with Gasteiger partial charge in [-0.25, -0.2) is 0 Å². The van der Waals surface area contributed by atoms with Gasteiger partial charge in [0, 0.05) is 25.0 Å². The highest BCUT2D eigenvalue weighted by molar-refractivity contribution is 5.20. The molecule has 20 heavy (non-hydrogen) atoms. The molecule has 1 aromatic rings. The fourth-order valence-corrected chi connectivity index (χ4v) is 1.86. The Morgan fingerprint density at radius 1 is 1.35 bits per heavy atom. The molecule has 0 aromatic carbocycles. The summed E-state index contributed by atoms with van der Waals surface area (Å²) in [4.78, 5) is 4.12. The lowest BCUT2D eigenvalue weighted by Crippen LogP contribution is -2.25. The Kier molecular flexibility index (Phi) is 6.95. The van der Waals surface area contributed by atoms with Crippen LogP contribution in [0.2, 0.25) is 0 Å². The molecule has 0 bridgehead atoms. The van der Waals surface area contributed by atoms with Gasteiger partial charge < -0.3 is 10.1 Å². The molecule has 1 unspecified atom stereocenters. The number of hydrogen-bond donors (Lipinski definition) is 1. The number of nitrogens with one attached hydrogen (secondary N) is 1. The molecule has 6 heteroatoms. The molecule has 0 saturated heterocycles. The fourth-order valence-electron chi connectivity index (χ4n) is 1.86. The number of aromatic nitrogens is 1.